The van der Waals surface area contributed by atoms with Crippen molar-refractivity contribution < 1.29 is 4.79 Å². The van der Waals surface area contributed by atoms with Gasteiger partial charge in [0.05, 0.1) is 15.8 Å². The molecule has 0 spiro atoms. The van der Waals surface area contributed by atoms with Gasteiger partial charge in [0.25, 0.3) is 0 Å². The lowest BCUT2D eigenvalue weighted by Gasteiger charge is -2.06. The lowest BCUT2D eigenvalue weighted by Crippen LogP contribution is -2.02. The minimum atomic E-state index is 0.0496. The Labute approximate surface area is 133 Å². The highest BCUT2D eigenvalue weighted by Gasteiger charge is 2.10. The van der Waals surface area contributed by atoms with Crippen LogP contribution in [0.5, 0.6) is 0 Å². The third-order valence-electron chi connectivity index (χ3n) is 2.93. The number of hydrogen-bond donors (Lipinski definition) is 0. The number of hydrogen-bond acceptors (Lipinski definition) is 2. The molecule has 0 saturated heterocycles. The summed E-state index contributed by atoms with van der Waals surface area (Å²) in [5, 5.41) is 0.874. The molecule has 4 heteroatoms. The molecule has 0 heterocycles. The SMILES string of the molecule is Cc1ccc(SCC(=O)c2ccc(Cl)c(Cl)c2)c(C)c1. The number of carbonyl (C=O) groups is 1. The van der Waals surface area contributed by atoms with Gasteiger partial charge in [-0.2, -0.15) is 0 Å². The Balaban J connectivity index is 2.06. The molecule has 0 unspecified atom stereocenters. The summed E-state index contributed by atoms with van der Waals surface area (Å²) in [4.78, 5) is 13.3. The molecule has 0 N–H and O–H groups in total. The fourth-order valence-corrected chi connectivity index (χ4v) is 3.06. The Morgan fingerprint density at radius 2 is 1.80 bits per heavy atom. The summed E-state index contributed by atoms with van der Waals surface area (Å²) < 4.78 is 0. The number of ketones is 1. The summed E-state index contributed by atoms with van der Waals surface area (Å²) in [7, 11) is 0. The van der Waals surface area contributed by atoms with Gasteiger partial charge in [-0.15, -0.1) is 11.8 Å². The summed E-state index contributed by atoms with van der Waals surface area (Å²) in [6.07, 6.45) is 0. The average Bonchev–Trinajstić information content (AvgIpc) is 2.40. The smallest absolute Gasteiger partial charge is 0.173 e. The maximum absolute atomic E-state index is 12.1. The van der Waals surface area contributed by atoms with Crippen LogP contribution in [0.2, 0.25) is 10.0 Å². The zero-order chi connectivity index (χ0) is 14.7. The molecule has 0 saturated carbocycles. The van der Waals surface area contributed by atoms with Gasteiger partial charge in [0.2, 0.25) is 0 Å². The molecule has 20 heavy (non-hydrogen) atoms. The van der Waals surface area contributed by atoms with Crippen molar-refractivity contribution in [3.8, 4) is 0 Å². The Bertz CT molecular complexity index is 653. The first kappa shape index (κ1) is 15.4. The number of carbonyl (C=O) groups excluding carboxylic acids is 1. The monoisotopic (exact) mass is 324 g/mol. The van der Waals surface area contributed by atoms with Crippen LogP contribution in [-0.4, -0.2) is 11.5 Å². The van der Waals surface area contributed by atoms with E-state index in [1.165, 1.54) is 11.1 Å². The van der Waals surface area contributed by atoms with Crippen LogP contribution in [0.15, 0.2) is 41.3 Å². The number of halogens is 2. The van der Waals surface area contributed by atoms with Crippen molar-refractivity contribution in [2.24, 2.45) is 0 Å². The van der Waals surface area contributed by atoms with Gasteiger partial charge >= 0.3 is 0 Å². The molecule has 0 aliphatic rings. The van der Waals surface area contributed by atoms with Crippen molar-refractivity contribution in [2.75, 3.05) is 5.75 Å². The van der Waals surface area contributed by atoms with E-state index in [4.69, 9.17) is 23.2 Å². The first-order valence-corrected chi connectivity index (χ1v) is 7.90. The Morgan fingerprint density at radius 1 is 1.05 bits per heavy atom. The second-order valence-electron chi connectivity index (χ2n) is 4.61. The molecule has 0 aliphatic carbocycles. The van der Waals surface area contributed by atoms with Gasteiger partial charge in [0.15, 0.2) is 5.78 Å². The largest absolute Gasteiger partial charge is 0.293 e. The highest BCUT2D eigenvalue weighted by molar-refractivity contribution is 8.00. The summed E-state index contributed by atoms with van der Waals surface area (Å²) in [6, 6.07) is 11.2. The van der Waals surface area contributed by atoms with Crippen molar-refractivity contribution >= 4 is 40.7 Å². The number of Topliss-reactive ketones (excluding diaryl/α,β-unsaturated/α-hetero) is 1. The van der Waals surface area contributed by atoms with E-state index < -0.39 is 0 Å². The highest BCUT2D eigenvalue weighted by Crippen LogP contribution is 2.26. The fraction of sp³-hybridized carbons (Fsp3) is 0.188. The number of thioether (sulfide) groups is 1. The summed E-state index contributed by atoms with van der Waals surface area (Å²) >= 11 is 13.3. The maximum Gasteiger partial charge on any atom is 0.173 e. The Morgan fingerprint density at radius 3 is 2.45 bits per heavy atom. The quantitative estimate of drug-likeness (QED) is 0.539. The van der Waals surface area contributed by atoms with E-state index in [9.17, 15) is 4.79 Å². The lowest BCUT2D eigenvalue weighted by molar-refractivity contribution is 0.102. The van der Waals surface area contributed by atoms with Crippen molar-refractivity contribution in [3.63, 3.8) is 0 Å². The van der Waals surface area contributed by atoms with E-state index in [2.05, 4.69) is 32.0 Å². The molecule has 0 aliphatic heterocycles. The third-order valence-corrected chi connectivity index (χ3v) is 4.85. The van der Waals surface area contributed by atoms with Crippen molar-refractivity contribution in [1.29, 1.82) is 0 Å². The van der Waals surface area contributed by atoms with Crippen molar-refractivity contribution in [3.05, 3.63) is 63.1 Å². The molecule has 0 bridgehead atoms. The lowest BCUT2D eigenvalue weighted by atomic mass is 10.1. The molecule has 2 aromatic carbocycles. The van der Waals surface area contributed by atoms with Crippen LogP contribution in [0.4, 0.5) is 0 Å². The van der Waals surface area contributed by atoms with Crippen LogP contribution >= 0.6 is 35.0 Å². The Kier molecular flexibility index (Phi) is 5.14. The first-order valence-electron chi connectivity index (χ1n) is 6.15. The standard InChI is InChI=1S/C16H14Cl2OS/c1-10-3-6-16(11(2)7-10)20-9-15(19)12-4-5-13(17)14(18)8-12/h3-8H,9H2,1-2H3. The summed E-state index contributed by atoms with van der Waals surface area (Å²) in [6.45, 7) is 4.11. The van der Waals surface area contributed by atoms with E-state index >= 15 is 0 Å². The van der Waals surface area contributed by atoms with Crippen LogP contribution in [-0.2, 0) is 0 Å². The molecule has 0 aromatic heterocycles. The predicted octanol–water partition coefficient (Wildman–Crippen LogP) is 5.59. The van der Waals surface area contributed by atoms with Gasteiger partial charge in [-0.1, -0.05) is 40.9 Å². The first-order chi connectivity index (χ1) is 9.47. The molecular weight excluding hydrogens is 311 g/mol. The van der Waals surface area contributed by atoms with E-state index in [-0.39, 0.29) is 5.78 Å². The Hall–Kier alpha value is -0.960. The number of rotatable bonds is 4. The van der Waals surface area contributed by atoms with E-state index in [1.54, 1.807) is 30.0 Å². The van der Waals surface area contributed by atoms with Crippen molar-refractivity contribution in [1.82, 2.24) is 0 Å². The van der Waals surface area contributed by atoms with Crippen LogP contribution < -0.4 is 0 Å². The molecule has 0 amide bonds. The van der Waals surface area contributed by atoms with Gasteiger partial charge in [-0.25, -0.2) is 0 Å². The van der Waals surface area contributed by atoms with E-state index in [0.29, 0.717) is 21.4 Å². The molecule has 0 radical (unpaired) electrons. The van der Waals surface area contributed by atoms with Gasteiger partial charge in [-0.05, 0) is 43.7 Å². The minimum Gasteiger partial charge on any atom is -0.293 e. The van der Waals surface area contributed by atoms with E-state index in [1.807, 2.05) is 0 Å². The van der Waals surface area contributed by atoms with Crippen LogP contribution in [0.1, 0.15) is 21.5 Å². The molecule has 0 atom stereocenters. The van der Waals surface area contributed by atoms with Gasteiger partial charge in [0, 0.05) is 10.5 Å². The number of benzene rings is 2. The zero-order valence-electron chi connectivity index (χ0n) is 11.2. The second kappa shape index (κ2) is 6.66. The fourth-order valence-electron chi connectivity index (χ4n) is 1.86. The molecule has 2 aromatic rings. The predicted molar refractivity (Wildman–Crippen MR) is 87.4 cm³/mol. The van der Waals surface area contributed by atoms with Crippen LogP contribution in [0.3, 0.4) is 0 Å². The normalized spacial score (nSPS) is 10.6. The van der Waals surface area contributed by atoms with Crippen molar-refractivity contribution in [2.45, 2.75) is 18.7 Å². The topological polar surface area (TPSA) is 17.1 Å². The number of aryl methyl sites for hydroxylation is 2. The second-order valence-corrected chi connectivity index (χ2v) is 6.44. The summed E-state index contributed by atoms with van der Waals surface area (Å²) in [5.74, 6) is 0.440. The van der Waals surface area contributed by atoms with E-state index in [0.717, 1.165) is 4.90 Å². The molecular formula is C16H14Cl2OS. The molecule has 0 fully saturated rings. The van der Waals surface area contributed by atoms with Crippen LogP contribution in [0.25, 0.3) is 0 Å². The van der Waals surface area contributed by atoms with Gasteiger partial charge in [-0.3, -0.25) is 4.79 Å². The van der Waals surface area contributed by atoms with Crippen LogP contribution in [0, 0.1) is 13.8 Å². The van der Waals surface area contributed by atoms with Gasteiger partial charge in [0.1, 0.15) is 0 Å². The maximum atomic E-state index is 12.1. The minimum absolute atomic E-state index is 0.0496. The van der Waals surface area contributed by atoms with Gasteiger partial charge < -0.3 is 0 Å². The molecule has 104 valence electrons. The molecule has 2 rings (SSSR count). The average molecular weight is 325 g/mol. The summed E-state index contributed by atoms with van der Waals surface area (Å²) in [5.41, 5.74) is 3.01. The zero-order valence-corrected chi connectivity index (χ0v) is 13.6. The molecule has 1 nitrogen and oxygen atoms in total. The highest BCUT2D eigenvalue weighted by atomic mass is 35.5. The third kappa shape index (κ3) is 3.78.